The van der Waals surface area contributed by atoms with Gasteiger partial charge in [-0.1, -0.05) is 65.8 Å². The fourth-order valence-electron chi connectivity index (χ4n) is 2.83. The quantitative estimate of drug-likeness (QED) is 0.514. The fourth-order valence-corrected chi connectivity index (χ4v) is 2.83. The summed E-state index contributed by atoms with van der Waals surface area (Å²) in [6.07, 6.45) is 0. The first kappa shape index (κ1) is 18.0. The largest absolute Gasteiger partial charge is 0.450 e. The van der Waals surface area contributed by atoms with Crippen LogP contribution in [-0.4, -0.2) is 4.92 Å². The average Bonchev–Trinajstić information content (AvgIpc) is 2.45. The minimum absolute atomic E-state index is 0.0291. The second-order valence-corrected chi connectivity index (χ2v) is 8.01. The van der Waals surface area contributed by atoms with Crippen LogP contribution in [0.5, 0.6) is 11.5 Å². The topological polar surface area (TPSA) is 52.4 Å². The van der Waals surface area contributed by atoms with Gasteiger partial charge in [-0.25, -0.2) is 0 Å². The van der Waals surface area contributed by atoms with Crippen molar-refractivity contribution in [3.63, 3.8) is 0 Å². The first-order valence-corrected chi connectivity index (χ1v) is 8.07. The van der Waals surface area contributed by atoms with Crippen LogP contribution >= 0.6 is 0 Å². The van der Waals surface area contributed by atoms with E-state index in [1.54, 1.807) is 18.2 Å². The molecule has 24 heavy (non-hydrogen) atoms. The maximum atomic E-state index is 11.2. The van der Waals surface area contributed by atoms with Crippen LogP contribution < -0.4 is 4.74 Å². The molecule has 0 heterocycles. The Bertz CT molecular complexity index is 752. The zero-order valence-corrected chi connectivity index (χ0v) is 15.2. The lowest BCUT2D eigenvalue weighted by molar-refractivity contribution is -0.385. The van der Waals surface area contributed by atoms with E-state index in [4.69, 9.17) is 4.74 Å². The predicted octanol–water partition coefficient (Wildman–Crippen LogP) is 5.98. The van der Waals surface area contributed by atoms with Gasteiger partial charge in [-0.3, -0.25) is 10.1 Å². The maximum Gasteiger partial charge on any atom is 0.311 e. The molecule has 0 amide bonds. The Morgan fingerprint density at radius 2 is 1.42 bits per heavy atom. The van der Waals surface area contributed by atoms with Gasteiger partial charge in [0.1, 0.15) is 5.75 Å². The number of nitro groups is 1. The van der Waals surface area contributed by atoms with E-state index in [9.17, 15) is 10.1 Å². The highest BCUT2D eigenvalue weighted by atomic mass is 16.6. The van der Waals surface area contributed by atoms with Gasteiger partial charge < -0.3 is 4.74 Å². The van der Waals surface area contributed by atoms with E-state index in [0.29, 0.717) is 5.75 Å². The van der Waals surface area contributed by atoms with Crippen LogP contribution in [0.1, 0.15) is 52.7 Å². The summed E-state index contributed by atoms with van der Waals surface area (Å²) < 4.78 is 6.02. The molecule has 128 valence electrons. The van der Waals surface area contributed by atoms with Gasteiger partial charge in [-0.2, -0.15) is 0 Å². The zero-order valence-electron chi connectivity index (χ0n) is 15.2. The normalized spacial score (nSPS) is 12.1. The number of nitro benzene ring substituents is 1. The van der Waals surface area contributed by atoms with Crippen molar-refractivity contribution in [2.24, 2.45) is 0 Å². The van der Waals surface area contributed by atoms with Crippen molar-refractivity contribution in [3.05, 3.63) is 63.7 Å². The summed E-state index contributed by atoms with van der Waals surface area (Å²) in [5, 5.41) is 11.2. The number of ether oxygens (including phenoxy) is 1. The molecule has 0 aliphatic rings. The molecule has 0 spiro atoms. The molecule has 0 atom stereocenters. The summed E-state index contributed by atoms with van der Waals surface area (Å²) >= 11 is 0. The fraction of sp³-hybridized carbons (Fsp3) is 0.400. The van der Waals surface area contributed by atoms with Crippen LogP contribution in [0.3, 0.4) is 0 Å². The van der Waals surface area contributed by atoms with Gasteiger partial charge in [0.25, 0.3) is 0 Å². The number of hydrogen-bond acceptors (Lipinski definition) is 3. The van der Waals surface area contributed by atoms with E-state index in [1.165, 1.54) is 11.6 Å². The third kappa shape index (κ3) is 3.75. The summed E-state index contributed by atoms with van der Waals surface area (Å²) in [5.74, 6) is 0.934. The molecule has 0 aromatic heterocycles. The second-order valence-electron chi connectivity index (χ2n) is 8.01. The van der Waals surface area contributed by atoms with Gasteiger partial charge in [0.2, 0.25) is 5.75 Å². The standard InChI is InChI=1S/C20H25NO3/c1-19(2,3)14-10-9-13-17(18(14)20(4,5)6)24-16-12-8-7-11-15(16)21(22)23/h7-13H,1-6H3. The van der Waals surface area contributed by atoms with Gasteiger partial charge in [0.15, 0.2) is 0 Å². The Kier molecular flexibility index (Phi) is 4.70. The molecule has 0 aliphatic carbocycles. The van der Waals surface area contributed by atoms with E-state index in [1.807, 2.05) is 12.1 Å². The van der Waals surface area contributed by atoms with Crippen LogP contribution in [0, 0.1) is 10.1 Å². The third-order valence-corrected chi connectivity index (χ3v) is 3.87. The van der Waals surface area contributed by atoms with Gasteiger partial charge in [0.05, 0.1) is 4.92 Å². The molecule has 0 saturated carbocycles. The Hall–Kier alpha value is -2.36. The monoisotopic (exact) mass is 327 g/mol. The maximum absolute atomic E-state index is 11.2. The van der Waals surface area contributed by atoms with E-state index >= 15 is 0 Å². The molecule has 0 N–H and O–H groups in total. The summed E-state index contributed by atoms with van der Waals surface area (Å²) in [6, 6.07) is 12.4. The third-order valence-electron chi connectivity index (χ3n) is 3.87. The van der Waals surface area contributed by atoms with Gasteiger partial charge >= 0.3 is 5.69 Å². The molecule has 4 nitrogen and oxygen atoms in total. The molecule has 2 rings (SSSR count). The Labute approximate surface area is 143 Å². The highest BCUT2D eigenvalue weighted by Gasteiger charge is 2.29. The first-order valence-electron chi connectivity index (χ1n) is 8.07. The molecule has 0 fully saturated rings. The first-order chi connectivity index (χ1) is 11.0. The molecular formula is C20H25NO3. The van der Waals surface area contributed by atoms with Crippen molar-refractivity contribution in [3.8, 4) is 11.5 Å². The van der Waals surface area contributed by atoms with E-state index in [0.717, 1.165) is 5.56 Å². The Balaban J connectivity index is 2.63. The average molecular weight is 327 g/mol. The molecule has 0 radical (unpaired) electrons. The molecule has 0 saturated heterocycles. The Morgan fingerprint density at radius 1 is 0.833 bits per heavy atom. The molecule has 0 aliphatic heterocycles. The van der Waals surface area contributed by atoms with Crippen molar-refractivity contribution in [1.29, 1.82) is 0 Å². The van der Waals surface area contributed by atoms with Crippen molar-refractivity contribution in [2.75, 3.05) is 0 Å². The van der Waals surface area contributed by atoms with E-state index in [-0.39, 0.29) is 22.3 Å². The molecule has 2 aromatic rings. The summed E-state index contributed by atoms with van der Waals surface area (Å²) in [4.78, 5) is 10.8. The smallest absolute Gasteiger partial charge is 0.311 e. The number of benzene rings is 2. The van der Waals surface area contributed by atoms with Crippen molar-refractivity contribution < 1.29 is 9.66 Å². The lowest BCUT2D eigenvalue weighted by Crippen LogP contribution is -2.22. The molecule has 0 unspecified atom stereocenters. The van der Waals surface area contributed by atoms with Gasteiger partial charge in [-0.15, -0.1) is 0 Å². The molecule has 0 bridgehead atoms. The van der Waals surface area contributed by atoms with Crippen molar-refractivity contribution in [1.82, 2.24) is 0 Å². The summed E-state index contributed by atoms with van der Waals surface area (Å²) in [5.41, 5.74) is 2.04. The summed E-state index contributed by atoms with van der Waals surface area (Å²) in [7, 11) is 0. The van der Waals surface area contributed by atoms with Crippen molar-refractivity contribution >= 4 is 5.69 Å². The Morgan fingerprint density at radius 3 is 1.96 bits per heavy atom. The SMILES string of the molecule is CC(C)(C)c1cccc(Oc2ccccc2[N+](=O)[O-])c1C(C)(C)C. The van der Waals surface area contributed by atoms with Crippen molar-refractivity contribution in [2.45, 2.75) is 52.4 Å². The minimum Gasteiger partial charge on any atom is -0.450 e. The summed E-state index contributed by atoms with van der Waals surface area (Å²) in [6.45, 7) is 12.9. The van der Waals surface area contributed by atoms with Gasteiger partial charge in [-0.05, 0) is 28.5 Å². The lowest BCUT2D eigenvalue weighted by atomic mass is 9.75. The van der Waals surface area contributed by atoms with E-state index < -0.39 is 4.92 Å². The molecule has 2 aromatic carbocycles. The van der Waals surface area contributed by atoms with Gasteiger partial charge in [0, 0.05) is 11.6 Å². The number of rotatable bonds is 3. The molecule has 4 heteroatoms. The number of nitrogens with zero attached hydrogens (tertiary/aromatic N) is 1. The van der Waals surface area contributed by atoms with Crippen LogP contribution in [0.4, 0.5) is 5.69 Å². The van der Waals surface area contributed by atoms with Crippen LogP contribution in [-0.2, 0) is 10.8 Å². The van der Waals surface area contributed by atoms with Crippen LogP contribution in [0.15, 0.2) is 42.5 Å². The number of para-hydroxylation sites is 2. The van der Waals surface area contributed by atoms with Crippen LogP contribution in [0.2, 0.25) is 0 Å². The molecular weight excluding hydrogens is 302 g/mol. The van der Waals surface area contributed by atoms with E-state index in [2.05, 4.69) is 47.6 Å². The zero-order chi connectivity index (χ0) is 18.1. The highest BCUT2D eigenvalue weighted by molar-refractivity contribution is 5.53. The predicted molar refractivity (Wildman–Crippen MR) is 97.0 cm³/mol. The minimum atomic E-state index is -0.417. The second kappa shape index (κ2) is 6.27. The highest BCUT2D eigenvalue weighted by Crippen LogP contribution is 2.42. The number of hydrogen-bond donors (Lipinski definition) is 0. The van der Waals surface area contributed by atoms with Crippen LogP contribution in [0.25, 0.3) is 0 Å². The lowest BCUT2D eigenvalue weighted by Gasteiger charge is -2.31.